The molecule has 0 atom stereocenters. The number of aliphatic hydroxyl groups excluding tert-OH is 1. The molecule has 0 radical (unpaired) electrons. The summed E-state index contributed by atoms with van der Waals surface area (Å²) in [6.07, 6.45) is 3.31. The van der Waals surface area contributed by atoms with Gasteiger partial charge in [-0.05, 0) is 18.1 Å². The van der Waals surface area contributed by atoms with E-state index in [1.165, 1.54) is 0 Å². The minimum Gasteiger partial charge on any atom is -0.516 e. The molecule has 0 spiro atoms. The Balaban J connectivity index is 3.27. The highest BCUT2D eigenvalue weighted by Crippen LogP contribution is 1.97. The second-order valence-corrected chi connectivity index (χ2v) is 1.72. The van der Waals surface area contributed by atoms with Gasteiger partial charge in [0.05, 0.1) is 12.9 Å². The SMILES string of the molecule is C=C(/C=C\O)CCOC. The van der Waals surface area contributed by atoms with Crippen LogP contribution in [0.4, 0.5) is 0 Å². The summed E-state index contributed by atoms with van der Waals surface area (Å²) in [6.45, 7) is 4.31. The van der Waals surface area contributed by atoms with Crippen LogP contribution in [0.2, 0.25) is 0 Å². The molecule has 0 saturated heterocycles. The molecule has 0 aromatic carbocycles. The Labute approximate surface area is 55.5 Å². The van der Waals surface area contributed by atoms with Crippen LogP contribution in [0.5, 0.6) is 0 Å². The standard InChI is InChI=1S/C7H12O2/c1-7(3-5-8)4-6-9-2/h3,5,8H,1,4,6H2,2H3/b5-3-. The predicted molar refractivity (Wildman–Crippen MR) is 37.4 cm³/mol. The fraction of sp³-hybridized carbons (Fsp3) is 0.429. The van der Waals surface area contributed by atoms with Crippen LogP contribution >= 0.6 is 0 Å². The zero-order chi connectivity index (χ0) is 7.11. The van der Waals surface area contributed by atoms with Crippen molar-refractivity contribution in [1.29, 1.82) is 0 Å². The van der Waals surface area contributed by atoms with E-state index in [2.05, 4.69) is 6.58 Å². The molecule has 9 heavy (non-hydrogen) atoms. The van der Waals surface area contributed by atoms with Gasteiger partial charge in [-0.15, -0.1) is 0 Å². The highest BCUT2D eigenvalue weighted by atomic mass is 16.5. The van der Waals surface area contributed by atoms with Gasteiger partial charge in [0.15, 0.2) is 0 Å². The van der Waals surface area contributed by atoms with Crippen molar-refractivity contribution >= 4 is 0 Å². The van der Waals surface area contributed by atoms with E-state index in [-0.39, 0.29) is 0 Å². The van der Waals surface area contributed by atoms with Crippen molar-refractivity contribution in [3.8, 4) is 0 Å². The van der Waals surface area contributed by atoms with E-state index in [0.717, 1.165) is 18.3 Å². The van der Waals surface area contributed by atoms with Crippen molar-refractivity contribution in [3.63, 3.8) is 0 Å². The first kappa shape index (κ1) is 8.24. The van der Waals surface area contributed by atoms with Crippen LogP contribution in [0, 0.1) is 0 Å². The topological polar surface area (TPSA) is 29.5 Å². The fourth-order valence-corrected chi connectivity index (χ4v) is 0.422. The van der Waals surface area contributed by atoms with Gasteiger partial charge in [0, 0.05) is 7.11 Å². The van der Waals surface area contributed by atoms with Crippen molar-refractivity contribution in [2.75, 3.05) is 13.7 Å². The number of allylic oxidation sites excluding steroid dienone is 1. The van der Waals surface area contributed by atoms with Gasteiger partial charge in [0.25, 0.3) is 0 Å². The highest BCUT2D eigenvalue weighted by molar-refractivity contribution is 5.11. The quantitative estimate of drug-likeness (QED) is 0.460. The lowest BCUT2D eigenvalue weighted by Gasteiger charge is -1.95. The molecular weight excluding hydrogens is 116 g/mol. The lowest BCUT2D eigenvalue weighted by Crippen LogP contribution is -1.88. The zero-order valence-corrected chi connectivity index (χ0v) is 5.63. The summed E-state index contributed by atoms with van der Waals surface area (Å²) in [5.74, 6) is 0. The Hall–Kier alpha value is -0.760. The molecule has 0 fully saturated rings. The molecule has 0 unspecified atom stereocenters. The Morgan fingerprint density at radius 2 is 2.44 bits per heavy atom. The monoisotopic (exact) mass is 128 g/mol. The van der Waals surface area contributed by atoms with Crippen LogP contribution in [0.25, 0.3) is 0 Å². The summed E-state index contributed by atoms with van der Waals surface area (Å²) in [5.41, 5.74) is 0.874. The van der Waals surface area contributed by atoms with E-state index in [0.29, 0.717) is 6.61 Å². The Morgan fingerprint density at radius 1 is 1.78 bits per heavy atom. The van der Waals surface area contributed by atoms with Crippen molar-refractivity contribution in [2.24, 2.45) is 0 Å². The van der Waals surface area contributed by atoms with Crippen molar-refractivity contribution in [1.82, 2.24) is 0 Å². The lowest BCUT2D eigenvalue weighted by atomic mass is 10.2. The number of hydrogen-bond acceptors (Lipinski definition) is 2. The number of rotatable bonds is 4. The zero-order valence-electron chi connectivity index (χ0n) is 5.63. The first-order valence-corrected chi connectivity index (χ1v) is 2.78. The van der Waals surface area contributed by atoms with Crippen molar-refractivity contribution in [3.05, 3.63) is 24.5 Å². The molecular formula is C7H12O2. The summed E-state index contributed by atoms with van der Waals surface area (Å²) in [7, 11) is 1.63. The average Bonchev–Trinajstić information content (AvgIpc) is 1.85. The third-order valence-electron chi connectivity index (χ3n) is 0.938. The minimum absolute atomic E-state index is 0.656. The lowest BCUT2D eigenvalue weighted by molar-refractivity contribution is 0.203. The van der Waals surface area contributed by atoms with Crippen LogP contribution in [0.3, 0.4) is 0 Å². The fourth-order valence-electron chi connectivity index (χ4n) is 0.422. The number of hydrogen-bond donors (Lipinski definition) is 1. The number of ether oxygens (including phenoxy) is 1. The summed E-state index contributed by atoms with van der Waals surface area (Å²) >= 11 is 0. The van der Waals surface area contributed by atoms with Gasteiger partial charge in [-0.1, -0.05) is 6.58 Å². The maximum absolute atomic E-state index is 8.25. The van der Waals surface area contributed by atoms with Crippen LogP contribution in [-0.2, 0) is 4.74 Å². The summed E-state index contributed by atoms with van der Waals surface area (Å²) in [4.78, 5) is 0. The third kappa shape index (κ3) is 5.11. The summed E-state index contributed by atoms with van der Waals surface area (Å²) in [5, 5.41) is 8.25. The molecule has 0 rings (SSSR count). The van der Waals surface area contributed by atoms with Gasteiger partial charge >= 0.3 is 0 Å². The molecule has 0 aromatic heterocycles. The molecule has 0 saturated carbocycles. The van der Waals surface area contributed by atoms with Gasteiger partial charge in [-0.2, -0.15) is 0 Å². The maximum Gasteiger partial charge on any atom is 0.0794 e. The third-order valence-corrected chi connectivity index (χ3v) is 0.938. The van der Waals surface area contributed by atoms with E-state index in [1.807, 2.05) is 0 Å². The summed E-state index contributed by atoms with van der Waals surface area (Å²) in [6, 6.07) is 0. The van der Waals surface area contributed by atoms with E-state index >= 15 is 0 Å². The molecule has 0 bridgehead atoms. The molecule has 2 heteroatoms. The predicted octanol–water partition coefficient (Wildman–Crippen LogP) is 1.65. The van der Waals surface area contributed by atoms with Crippen molar-refractivity contribution in [2.45, 2.75) is 6.42 Å². The van der Waals surface area contributed by atoms with E-state index in [9.17, 15) is 0 Å². The molecule has 0 aliphatic heterocycles. The van der Waals surface area contributed by atoms with E-state index in [1.54, 1.807) is 13.2 Å². The largest absolute Gasteiger partial charge is 0.516 e. The Bertz CT molecular complexity index is 105. The van der Waals surface area contributed by atoms with Crippen LogP contribution < -0.4 is 0 Å². The Kier molecular flexibility index (Phi) is 4.92. The molecule has 0 aliphatic rings. The van der Waals surface area contributed by atoms with Crippen LogP contribution in [0.1, 0.15) is 6.42 Å². The molecule has 2 nitrogen and oxygen atoms in total. The Morgan fingerprint density at radius 3 is 2.89 bits per heavy atom. The van der Waals surface area contributed by atoms with Gasteiger partial charge in [-0.25, -0.2) is 0 Å². The normalized spacial score (nSPS) is 10.3. The van der Waals surface area contributed by atoms with Gasteiger partial charge in [-0.3, -0.25) is 0 Å². The molecule has 0 aliphatic carbocycles. The summed E-state index contributed by atoms with van der Waals surface area (Å²) < 4.78 is 4.78. The molecule has 1 N–H and O–H groups in total. The molecule has 0 amide bonds. The van der Waals surface area contributed by atoms with E-state index in [4.69, 9.17) is 9.84 Å². The van der Waals surface area contributed by atoms with Gasteiger partial charge < -0.3 is 9.84 Å². The van der Waals surface area contributed by atoms with Crippen LogP contribution in [0.15, 0.2) is 24.5 Å². The molecule has 52 valence electrons. The molecule has 0 heterocycles. The second-order valence-electron chi connectivity index (χ2n) is 1.72. The minimum atomic E-state index is 0.656. The smallest absolute Gasteiger partial charge is 0.0794 e. The molecule has 0 aromatic rings. The first-order chi connectivity index (χ1) is 4.31. The van der Waals surface area contributed by atoms with Gasteiger partial charge in [0.1, 0.15) is 0 Å². The maximum atomic E-state index is 8.25. The van der Waals surface area contributed by atoms with E-state index < -0.39 is 0 Å². The second kappa shape index (κ2) is 5.38. The van der Waals surface area contributed by atoms with Gasteiger partial charge in [0.2, 0.25) is 0 Å². The number of methoxy groups -OCH3 is 1. The first-order valence-electron chi connectivity index (χ1n) is 2.78. The van der Waals surface area contributed by atoms with Crippen LogP contribution in [-0.4, -0.2) is 18.8 Å². The number of aliphatic hydroxyl groups is 1. The van der Waals surface area contributed by atoms with Crippen molar-refractivity contribution < 1.29 is 9.84 Å². The highest BCUT2D eigenvalue weighted by Gasteiger charge is 1.85. The average molecular weight is 128 g/mol.